The van der Waals surface area contributed by atoms with Crippen LogP contribution < -0.4 is 4.74 Å². The second-order valence-corrected chi connectivity index (χ2v) is 5.89. The smallest absolute Gasteiger partial charge is 0.236 e. The molecule has 5 nitrogen and oxygen atoms in total. The van der Waals surface area contributed by atoms with Gasteiger partial charge in [0.15, 0.2) is 0 Å². The highest BCUT2D eigenvalue weighted by Crippen LogP contribution is 2.29. The van der Waals surface area contributed by atoms with Crippen LogP contribution in [0.2, 0.25) is 5.02 Å². The van der Waals surface area contributed by atoms with Crippen LogP contribution in [-0.4, -0.2) is 62.7 Å². The zero-order valence-corrected chi connectivity index (χ0v) is 14.1. The molecule has 1 atom stereocenters. The van der Waals surface area contributed by atoms with E-state index in [1.54, 1.807) is 7.11 Å². The first kappa shape index (κ1) is 17.1. The number of amides is 1. The minimum Gasteiger partial charge on any atom is -0.495 e. The van der Waals surface area contributed by atoms with Crippen molar-refractivity contribution in [2.45, 2.75) is 13.0 Å². The van der Waals surface area contributed by atoms with E-state index in [1.165, 1.54) is 0 Å². The normalized spacial score (nSPS) is 16.7. The highest BCUT2D eigenvalue weighted by molar-refractivity contribution is 6.32. The Kier molecular flexibility index (Phi) is 6.06. The standard InChI is InChI=1S/C16H23ClN2O3/c1-12(13-4-5-15(21-3)14(17)10-13)18(2)11-16(20)19-6-8-22-9-7-19/h4-5,10,12H,6-9,11H2,1-3H3/t12-/m1/s1. The van der Waals surface area contributed by atoms with Gasteiger partial charge in [-0.2, -0.15) is 0 Å². The molecular weight excluding hydrogens is 304 g/mol. The predicted molar refractivity (Wildman–Crippen MR) is 86.4 cm³/mol. The number of likely N-dealkylation sites (N-methyl/N-ethyl adjacent to an activating group) is 1. The highest BCUT2D eigenvalue weighted by Gasteiger charge is 2.21. The van der Waals surface area contributed by atoms with E-state index in [0.29, 0.717) is 43.6 Å². The number of nitrogens with zero attached hydrogens (tertiary/aromatic N) is 2. The molecule has 0 aromatic heterocycles. The average molecular weight is 327 g/mol. The van der Waals surface area contributed by atoms with E-state index in [4.69, 9.17) is 21.1 Å². The lowest BCUT2D eigenvalue weighted by atomic mass is 10.1. The minimum absolute atomic E-state index is 0.0911. The number of ether oxygens (including phenoxy) is 2. The second kappa shape index (κ2) is 7.81. The number of carbonyl (C=O) groups excluding carboxylic acids is 1. The van der Waals surface area contributed by atoms with Crippen LogP contribution in [0.25, 0.3) is 0 Å². The lowest BCUT2D eigenvalue weighted by molar-refractivity contribution is -0.136. The fraction of sp³-hybridized carbons (Fsp3) is 0.562. The summed E-state index contributed by atoms with van der Waals surface area (Å²) in [5, 5.41) is 0.583. The summed E-state index contributed by atoms with van der Waals surface area (Å²) < 4.78 is 10.4. The van der Waals surface area contributed by atoms with E-state index >= 15 is 0 Å². The van der Waals surface area contributed by atoms with E-state index in [9.17, 15) is 4.79 Å². The maximum absolute atomic E-state index is 12.3. The van der Waals surface area contributed by atoms with Crippen molar-refractivity contribution >= 4 is 17.5 Å². The van der Waals surface area contributed by atoms with Crippen LogP contribution >= 0.6 is 11.6 Å². The summed E-state index contributed by atoms with van der Waals surface area (Å²) in [7, 11) is 3.54. The van der Waals surface area contributed by atoms with Crippen LogP contribution in [0.5, 0.6) is 5.75 Å². The molecule has 1 aromatic rings. The molecule has 2 rings (SSSR count). The average Bonchev–Trinajstić information content (AvgIpc) is 2.54. The third kappa shape index (κ3) is 4.12. The largest absolute Gasteiger partial charge is 0.495 e. The van der Waals surface area contributed by atoms with E-state index in [2.05, 4.69) is 6.92 Å². The summed E-state index contributed by atoms with van der Waals surface area (Å²) in [5.74, 6) is 0.793. The number of methoxy groups -OCH3 is 1. The monoisotopic (exact) mass is 326 g/mol. The number of rotatable bonds is 5. The molecular formula is C16H23ClN2O3. The van der Waals surface area contributed by atoms with Crippen LogP contribution in [0.1, 0.15) is 18.5 Å². The van der Waals surface area contributed by atoms with Gasteiger partial charge in [0.25, 0.3) is 0 Å². The molecule has 1 amide bonds. The van der Waals surface area contributed by atoms with Gasteiger partial charge in [0, 0.05) is 19.1 Å². The molecule has 1 aliphatic rings. The molecule has 22 heavy (non-hydrogen) atoms. The molecule has 6 heteroatoms. The Morgan fingerprint density at radius 3 is 2.73 bits per heavy atom. The topological polar surface area (TPSA) is 42.0 Å². The van der Waals surface area contributed by atoms with Crippen molar-refractivity contribution in [3.8, 4) is 5.75 Å². The van der Waals surface area contributed by atoms with Gasteiger partial charge < -0.3 is 14.4 Å². The number of halogens is 1. The first-order valence-electron chi connectivity index (χ1n) is 7.42. The van der Waals surface area contributed by atoms with Gasteiger partial charge in [0.05, 0.1) is 31.9 Å². The van der Waals surface area contributed by atoms with Crippen LogP contribution in [0.3, 0.4) is 0 Å². The number of benzene rings is 1. The van der Waals surface area contributed by atoms with Crippen LogP contribution in [0.4, 0.5) is 0 Å². The molecule has 0 saturated carbocycles. The van der Waals surface area contributed by atoms with Crippen LogP contribution in [0, 0.1) is 0 Å². The zero-order valence-electron chi connectivity index (χ0n) is 13.3. The molecule has 1 aromatic carbocycles. The minimum atomic E-state index is 0.0911. The van der Waals surface area contributed by atoms with Crippen molar-refractivity contribution in [2.75, 3.05) is 47.0 Å². The molecule has 1 fully saturated rings. The number of morpholine rings is 1. The molecule has 0 spiro atoms. The van der Waals surface area contributed by atoms with Gasteiger partial charge in [-0.1, -0.05) is 17.7 Å². The van der Waals surface area contributed by atoms with Crippen LogP contribution in [-0.2, 0) is 9.53 Å². The summed E-state index contributed by atoms with van der Waals surface area (Å²) in [6, 6.07) is 5.81. The summed E-state index contributed by atoms with van der Waals surface area (Å²) in [6.07, 6.45) is 0. The molecule has 1 aliphatic heterocycles. The fourth-order valence-electron chi connectivity index (χ4n) is 2.46. The van der Waals surface area contributed by atoms with E-state index in [0.717, 1.165) is 5.56 Å². The second-order valence-electron chi connectivity index (χ2n) is 5.48. The Bertz CT molecular complexity index is 518. The van der Waals surface area contributed by atoms with Gasteiger partial charge in [-0.3, -0.25) is 9.69 Å². The molecule has 0 aliphatic carbocycles. The lowest BCUT2D eigenvalue weighted by Crippen LogP contribution is -2.45. The lowest BCUT2D eigenvalue weighted by Gasteiger charge is -2.31. The predicted octanol–water partition coefficient (Wildman–Crippen LogP) is 2.20. The van der Waals surface area contributed by atoms with E-state index < -0.39 is 0 Å². The van der Waals surface area contributed by atoms with Crippen molar-refractivity contribution in [1.82, 2.24) is 9.80 Å². The Morgan fingerprint density at radius 2 is 2.14 bits per heavy atom. The van der Waals surface area contributed by atoms with Gasteiger partial charge in [-0.15, -0.1) is 0 Å². The van der Waals surface area contributed by atoms with Crippen LogP contribution in [0.15, 0.2) is 18.2 Å². The molecule has 0 radical (unpaired) electrons. The van der Waals surface area contributed by atoms with Gasteiger partial charge in [0.2, 0.25) is 5.91 Å². The molecule has 0 bridgehead atoms. The molecule has 0 N–H and O–H groups in total. The van der Waals surface area contributed by atoms with Crippen molar-refractivity contribution in [3.05, 3.63) is 28.8 Å². The summed E-state index contributed by atoms with van der Waals surface area (Å²) in [4.78, 5) is 16.2. The maximum atomic E-state index is 12.3. The van der Waals surface area contributed by atoms with Gasteiger partial charge >= 0.3 is 0 Å². The molecule has 0 unspecified atom stereocenters. The third-order valence-corrected chi connectivity index (χ3v) is 4.36. The Morgan fingerprint density at radius 1 is 1.45 bits per heavy atom. The van der Waals surface area contributed by atoms with Crippen molar-refractivity contribution < 1.29 is 14.3 Å². The maximum Gasteiger partial charge on any atom is 0.236 e. The summed E-state index contributed by atoms with van der Waals surface area (Å²) in [6.45, 7) is 5.04. The van der Waals surface area contributed by atoms with Crippen molar-refractivity contribution in [1.29, 1.82) is 0 Å². The molecule has 1 heterocycles. The fourth-order valence-corrected chi connectivity index (χ4v) is 2.73. The van der Waals surface area contributed by atoms with Gasteiger partial charge in [0.1, 0.15) is 5.75 Å². The summed E-state index contributed by atoms with van der Waals surface area (Å²) in [5.41, 5.74) is 1.06. The van der Waals surface area contributed by atoms with Gasteiger partial charge in [-0.25, -0.2) is 0 Å². The Balaban J connectivity index is 1.97. The van der Waals surface area contributed by atoms with Crippen molar-refractivity contribution in [3.63, 3.8) is 0 Å². The third-order valence-electron chi connectivity index (χ3n) is 4.07. The van der Waals surface area contributed by atoms with Crippen molar-refractivity contribution in [2.24, 2.45) is 0 Å². The Labute approximate surface area is 136 Å². The van der Waals surface area contributed by atoms with E-state index in [-0.39, 0.29) is 11.9 Å². The molecule has 122 valence electrons. The van der Waals surface area contributed by atoms with Gasteiger partial charge in [-0.05, 0) is 31.7 Å². The zero-order chi connectivity index (χ0) is 16.1. The summed E-state index contributed by atoms with van der Waals surface area (Å²) >= 11 is 6.17. The number of hydrogen-bond acceptors (Lipinski definition) is 4. The number of hydrogen-bond donors (Lipinski definition) is 0. The first-order valence-corrected chi connectivity index (χ1v) is 7.80. The quantitative estimate of drug-likeness (QED) is 0.832. The van der Waals surface area contributed by atoms with E-state index in [1.807, 2.05) is 35.0 Å². The Hall–Kier alpha value is -1.30. The number of carbonyl (C=O) groups is 1. The highest BCUT2D eigenvalue weighted by atomic mass is 35.5. The molecule has 1 saturated heterocycles. The SMILES string of the molecule is COc1ccc([C@@H](C)N(C)CC(=O)N2CCOCC2)cc1Cl. The first-order chi connectivity index (χ1) is 10.5.